The molecule has 0 saturated carbocycles. The molecule has 2 rings (SSSR count). The highest BCUT2D eigenvalue weighted by Gasteiger charge is 2.10. The second-order valence-electron chi connectivity index (χ2n) is 3.73. The van der Waals surface area contributed by atoms with Crippen LogP contribution >= 0.6 is 0 Å². The molecule has 0 fully saturated rings. The first-order valence-electron chi connectivity index (χ1n) is 5.04. The molecule has 4 heteroatoms. The number of nitrogens with zero attached hydrogens (tertiary/aromatic N) is 2. The Balaban J connectivity index is 2.17. The van der Waals surface area contributed by atoms with Crippen molar-refractivity contribution in [3.05, 3.63) is 47.1 Å². The highest BCUT2D eigenvalue weighted by Crippen LogP contribution is 2.09. The first kappa shape index (κ1) is 10.5. The number of rotatable bonds is 3. The standard InChI is InChI=1S/C12H12N2O2/c1-8-4-3-5-10(6-8)7-11-13-12(9(2)15)14-16-11/h3-6H,7H2,1-2H3. The van der Waals surface area contributed by atoms with Crippen molar-refractivity contribution in [2.45, 2.75) is 20.3 Å². The Morgan fingerprint density at radius 1 is 1.44 bits per heavy atom. The lowest BCUT2D eigenvalue weighted by atomic mass is 10.1. The summed E-state index contributed by atoms with van der Waals surface area (Å²) in [6, 6.07) is 8.05. The van der Waals surface area contributed by atoms with Crippen molar-refractivity contribution in [2.24, 2.45) is 0 Å². The maximum atomic E-state index is 11.0. The van der Waals surface area contributed by atoms with E-state index in [-0.39, 0.29) is 11.6 Å². The Labute approximate surface area is 93.3 Å². The quantitative estimate of drug-likeness (QED) is 0.738. The third-order valence-electron chi connectivity index (χ3n) is 2.22. The SMILES string of the molecule is CC(=O)c1noc(Cc2cccc(C)c2)n1. The minimum absolute atomic E-state index is 0.141. The van der Waals surface area contributed by atoms with Crippen LogP contribution in [0.25, 0.3) is 0 Å². The Bertz CT molecular complexity index is 517. The average molecular weight is 216 g/mol. The van der Waals surface area contributed by atoms with E-state index in [0.29, 0.717) is 12.3 Å². The number of benzene rings is 1. The molecule has 0 bridgehead atoms. The smallest absolute Gasteiger partial charge is 0.238 e. The van der Waals surface area contributed by atoms with Gasteiger partial charge in [-0.3, -0.25) is 4.79 Å². The fourth-order valence-corrected chi connectivity index (χ4v) is 1.47. The molecule has 2 aromatic rings. The van der Waals surface area contributed by atoms with Gasteiger partial charge in [0, 0.05) is 6.92 Å². The summed E-state index contributed by atoms with van der Waals surface area (Å²) in [4.78, 5) is 15.0. The number of hydrogen-bond acceptors (Lipinski definition) is 4. The van der Waals surface area contributed by atoms with Crippen molar-refractivity contribution >= 4 is 5.78 Å². The van der Waals surface area contributed by atoms with Crippen molar-refractivity contribution in [2.75, 3.05) is 0 Å². The summed E-state index contributed by atoms with van der Waals surface area (Å²) in [7, 11) is 0. The third-order valence-corrected chi connectivity index (χ3v) is 2.22. The van der Waals surface area contributed by atoms with Crippen LogP contribution in [0, 0.1) is 6.92 Å². The van der Waals surface area contributed by atoms with Crippen molar-refractivity contribution < 1.29 is 9.32 Å². The zero-order valence-corrected chi connectivity index (χ0v) is 9.23. The van der Waals surface area contributed by atoms with Crippen molar-refractivity contribution in [1.82, 2.24) is 10.1 Å². The summed E-state index contributed by atoms with van der Waals surface area (Å²) in [6.45, 7) is 3.44. The van der Waals surface area contributed by atoms with Gasteiger partial charge in [0.05, 0.1) is 6.42 Å². The minimum Gasteiger partial charge on any atom is -0.339 e. The number of aromatic nitrogens is 2. The average Bonchev–Trinajstić information content (AvgIpc) is 2.66. The molecule has 16 heavy (non-hydrogen) atoms. The van der Waals surface area contributed by atoms with E-state index in [1.54, 1.807) is 0 Å². The molecule has 82 valence electrons. The Morgan fingerprint density at radius 3 is 2.88 bits per heavy atom. The van der Waals surface area contributed by atoms with E-state index < -0.39 is 0 Å². The summed E-state index contributed by atoms with van der Waals surface area (Å²) >= 11 is 0. The molecule has 0 unspecified atom stereocenters. The zero-order chi connectivity index (χ0) is 11.5. The Kier molecular flexibility index (Phi) is 2.81. The van der Waals surface area contributed by atoms with E-state index in [2.05, 4.69) is 16.2 Å². The number of hydrogen-bond donors (Lipinski definition) is 0. The molecule has 0 amide bonds. The highest BCUT2D eigenvalue weighted by atomic mass is 16.5. The first-order valence-corrected chi connectivity index (χ1v) is 5.04. The zero-order valence-electron chi connectivity index (χ0n) is 9.23. The molecule has 0 aliphatic heterocycles. The Hall–Kier alpha value is -1.97. The molecule has 4 nitrogen and oxygen atoms in total. The van der Waals surface area contributed by atoms with Crippen LogP contribution in [-0.4, -0.2) is 15.9 Å². The van der Waals surface area contributed by atoms with Crippen LogP contribution in [0.4, 0.5) is 0 Å². The number of carbonyl (C=O) groups is 1. The van der Waals surface area contributed by atoms with E-state index in [4.69, 9.17) is 4.52 Å². The number of carbonyl (C=O) groups excluding carboxylic acids is 1. The van der Waals surface area contributed by atoms with Gasteiger partial charge in [0.2, 0.25) is 17.5 Å². The van der Waals surface area contributed by atoms with Gasteiger partial charge >= 0.3 is 0 Å². The molecule has 1 heterocycles. The van der Waals surface area contributed by atoms with E-state index in [1.165, 1.54) is 12.5 Å². The molecule has 1 aromatic carbocycles. The first-order chi connectivity index (χ1) is 7.65. The summed E-state index contributed by atoms with van der Waals surface area (Å²) in [5.41, 5.74) is 2.28. The van der Waals surface area contributed by atoms with Gasteiger partial charge in [-0.05, 0) is 12.5 Å². The monoisotopic (exact) mass is 216 g/mol. The van der Waals surface area contributed by atoms with Crippen LogP contribution in [0.5, 0.6) is 0 Å². The van der Waals surface area contributed by atoms with Crippen LogP contribution < -0.4 is 0 Å². The lowest BCUT2D eigenvalue weighted by Crippen LogP contribution is -1.95. The fourth-order valence-electron chi connectivity index (χ4n) is 1.47. The predicted octanol–water partition coefficient (Wildman–Crippen LogP) is 2.17. The normalized spacial score (nSPS) is 10.4. The van der Waals surface area contributed by atoms with E-state index >= 15 is 0 Å². The van der Waals surface area contributed by atoms with Gasteiger partial charge in [-0.15, -0.1) is 0 Å². The van der Waals surface area contributed by atoms with Gasteiger partial charge in [-0.2, -0.15) is 4.98 Å². The molecule has 0 radical (unpaired) electrons. The molecule has 0 N–H and O–H groups in total. The maximum absolute atomic E-state index is 11.0. The molecule has 0 aliphatic carbocycles. The molecule has 0 saturated heterocycles. The van der Waals surface area contributed by atoms with Crippen LogP contribution in [0.2, 0.25) is 0 Å². The fraction of sp³-hybridized carbons (Fsp3) is 0.250. The number of Topliss-reactive ketones (excluding diaryl/α,β-unsaturated/α-hetero) is 1. The second kappa shape index (κ2) is 4.26. The van der Waals surface area contributed by atoms with Crippen molar-refractivity contribution in [3.63, 3.8) is 0 Å². The summed E-state index contributed by atoms with van der Waals surface area (Å²) in [5, 5.41) is 3.60. The van der Waals surface area contributed by atoms with Crippen LogP contribution in [0.1, 0.15) is 34.6 Å². The third kappa shape index (κ3) is 2.34. The van der Waals surface area contributed by atoms with Crippen LogP contribution in [-0.2, 0) is 6.42 Å². The highest BCUT2D eigenvalue weighted by molar-refractivity contribution is 5.89. The van der Waals surface area contributed by atoms with E-state index in [1.807, 2.05) is 25.1 Å². The second-order valence-corrected chi connectivity index (χ2v) is 3.73. The topological polar surface area (TPSA) is 56.0 Å². The summed E-state index contributed by atoms with van der Waals surface area (Å²) < 4.78 is 4.99. The predicted molar refractivity (Wildman–Crippen MR) is 58.3 cm³/mol. The van der Waals surface area contributed by atoms with E-state index in [0.717, 1.165) is 5.56 Å². The van der Waals surface area contributed by atoms with Crippen LogP contribution in [0.15, 0.2) is 28.8 Å². The van der Waals surface area contributed by atoms with Crippen LogP contribution in [0.3, 0.4) is 0 Å². The van der Waals surface area contributed by atoms with Crippen molar-refractivity contribution in [1.29, 1.82) is 0 Å². The molecular weight excluding hydrogens is 204 g/mol. The molecule has 0 spiro atoms. The molecule has 0 atom stereocenters. The van der Waals surface area contributed by atoms with Gasteiger partial charge in [0.15, 0.2) is 0 Å². The lowest BCUT2D eigenvalue weighted by molar-refractivity contribution is 0.100. The number of ketones is 1. The summed E-state index contributed by atoms with van der Waals surface area (Å²) in [5.74, 6) is 0.428. The molecule has 1 aromatic heterocycles. The van der Waals surface area contributed by atoms with Gasteiger partial charge in [-0.25, -0.2) is 0 Å². The largest absolute Gasteiger partial charge is 0.339 e. The number of aryl methyl sites for hydroxylation is 1. The summed E-state index contributed by atoms with van der Waals surface area (Å²) in [6.07, 6.45) is 0.557. The van der Waals surface area contributed by atoms with Gasteiger partial charge < -0.3 is 4.52 Å². The van der Waals surface area contributed by atoms with Crippen molar-refractivity contribution in [3.8, 4) is 0 Å². The molecular formula is C12H12N2O2. The lowest BCUT2D eigenvalue weighted by Gasteiger charge is -1.97. The van der Waals surface area contributed by atoms with E-state index in [9.17, 15) is 4.79 Å². The minimum atomic E-state index is -0.181. The maximum Gasteiger partial charge on any atom is 0.238 e. The molecule has 0 aliphatic rings. The van der Waals surface area contributed by atoms with Gasteiger partial charge in [-0.1, -0.05) is 35.0 Å². The van der Waals surface area contributed by atoms with Gasteiger partial charge in [0.25, 0.3) is 0 Å². The Morgan fingerprint density at radius 2 is 2.25 bits per heavy atom. The van der Waals surface area contributed by atoms with Gasteiger partial charge in [0.1, 0.15) is 0 Å².